The normalized spacial score (nSPS) is 32.7. The Labute approximate surface area is 121 Å². The van der Waals surface area contributed by atoms with E-state index in [0.29, 0.717) is 31.7 Å². The fourth-order valence-electron chi connectivity index (χ4n) is 3.85. The van der Waals surface area contributed by atoms with Gasteiger partial charge >= 0.3 is 0 Å². The topological polar surface area (TPSA) is 48.1 Å². The first kappa shape index (κ1) is 9.09. The maximum Gasteiger partial charge on any atom is 0.0840 e. The van der Waals surface area contributed by atoms with Crippen molar-refractivity contribution in [1.82, 2.24) is 4.98 Å². The summed E-state index contributed by atoms with van der Waals surface area (Å²) in [6.07, 6.45) is 6.26. The minimum atomic E-state index is -0.409. The maximum atomic E-state index is 8.30. The number of pyridine rings is 1. The van der Waals surface area contributed by atoms with Gasteiger partial charge in [-0.1, -0.05) is 18.9 Å². The molecule has 1 spiro atoms. The van der Waals surface area contributed by atoms with Crippen molar-refractivity contribution < 1.29 is 10.2 Å². The lowest BCUT2D eigenvalue weighted by molar-refractivity contribution is -0.104. The zero-order valence-electron chi connectivity index (χ0n) is 15.3. The zero-order valence-corrected chi connectivity index (χ0v) is 11.3. The standard InChI is InChI=1S/C16H24N2O/c17-10-8-15(14-5-1-4-11-18-14)9-12-19-16(13-15)6-2-3-7-16/h1,4-5,11H,2-3,6-10,12-13,17H2/t15-/m1/s1/i1D,4D,5D,11D. The van der Waals surface area contributed by atoms with Crippen LogP contribution in [0.25, 0.3) is 0 Å². The highest BCUT2D eigenvalue weighted by Gasteiger charge is 2.48. The molecule has 1 atom stereocenters. The largest absolute Gasteiger partial charge is 0.375 e. The molecule has 104 valence electrons. The lowest BCUT2D eigenvalue weighted by Crippen LogP contribution is -2.47. The Morgan fingerprint density at radius 3 is 2.95 bits per heavy atom. The van der Waals surface area contributed by atoms with Gasteiger partial charge in [-0.3, -0.25) is 4.98 Å². The van der Waals surface area contributed by atoms with Crippen molar-refractivity contribution in [1.29, 1.82) is 0 Å². The van der Waals surface area contributed by atoms with Gasteiger partial charge in [0.25, 0.3) is 0 Å². The van der Waals surface area contributed by atoms with Gasteiger partial charge in [0.2, 0.25) is 0 Å². The Morgan fingerprint density at radius 1 is 1.32 bits per heavy atom. The molecule has 1 aliphatic heterocycles. The molecule has 1 saturated carbocycles. The Kier molecular flexibility index (Phi) is 2.50. The molecule has 1 aromatic heterocycles. The highest BCUT2D eigenvalue weighted by atomic mass is 16.5. The van der Waals surface area contributed by atoms with E-state index < -0.39 is 5.41 Å². The maximum absolute atomic E-state index is 8.30. The lowest BCUT2D eigenvalue weighted by atomic mass is 9.68. The molecule has 0 radical (unpaired) electrons. The predicted octanol–water partition coefficient (Wildman–Crippen LogP) is 2.79. The average Bonchev–Trinajstić information content (AvgIpc) is 2.96. The van der Waals surface area contributed by atoms with E-state index in [-0.39, 0.29) is 29.9 Å². The SMILES string of the molecule is [2H]c1nc([C@]2(CCN)CCOC3(CCCC3)C2)c([2H])c([2H])c1[2H]. The van der Waals surface area contributed by atoms with E-state index in [1.807, 2.05) is 0 Å². The summed E-state index contributed by atoms with van der Waals surface area (Å²) in [5.41, 5.74) is 5.77. The lowest BCUT2D eigenvalue weighted by Gasteiger charge is -2.46. The zero-order chi connectivity index (χ0) is 16.7. The molecule has 0 unspecified atom stereocenters. The molecule has 2 fully saturated rings. The molecule has 2 aliphatic rings. The highest BCUT2D eigenvalue weighted by molar-refractivity contribution is 5.20. The number of hydrogen-bond donors (Lipinski definition) is 1. The molecule has 0 amide bonds. The second-order valence-corrected chi connectivity index (χ2v) is 5.93. The van der Waals surface area contributed by atoms with E-state index in [2.05, 4.69) is 4.98 Å². The number of hydrogen-bond acceptors (Lipinski definition) is 3. The fourth-order valence-corrected chi connectivity index (χ4v) is 3.85. The summed E-state index contributed by atoms with van der Waals surface area (Å²) in [7, 11) is 0. The van der Waals surface area contributed by atoms with Gasteiger partial charge in [-0.15, -0.1) is 0 Å². The summed E-state index contributed by atoms with van der Waals surface area (Å²) in [6.45, 7) is 1.07. The van der Waals surface area contributed by atoms with Crippen molar-refractivity contribution >= 4 is 0 Å². The van der Waals surface area contributed by atoms with Crippen LogP contribution in [0.15, 0.2) is 24.3 Å². The van der Waals surface area contributed by atoms with Crippen LogP contribution in [-0.2, 0) is 10.2 Å². The van der Waals surface area contributed by atoms with E-state index in [1.165, 1.54) is 0 Å². The van der Waals surface area contributed by atoms with Crippen molar-refractivity contribution in [3.63, 3.8) is 0 Å². The van der Waals surface area contributed by atoms with Gasteiger partial charge < -0.3 is 10.5 Å². The molecule has 3 heteroatoms. The van der Waals surface area contributed by atoms with Gasteiger partial charge in [0.15, 0.2) is 0 Å². The summed E-state index contributed by atoms with van der Waals surface area (Å²) in [5, 5.41) is 0. The molecule has 0 aromatic carbocycles. The van der Waals surface area contributed by atoms with Crippen molar-refractivity contribution in [2.24, 2.45) is 5.73 Å². The van der Waals surface area contributed by atoms with Crippen molar-refractivity contribution in [2.75, 3.05) is 13.2 Å². The van der Waals surface area contributed by atoms with E-state index in [0.717, 1.165) is 32.1 Å². The quantitative estimate of drug-likeness (QED) is 0.913. The van der Waals surface area contributed by atoms with Crippen LogP contribution in [0.1, 0.15) is 56.1 Å². The smallest absolute Gasteiger partial charge is 0.0840 e. The molecule has 3 rings (SSSR count). The van der Waals surface area contributed by atoms with E-state index in [9.17, 15) is 0 Å². The molecule has 1 aliphatic carbocycles. The molecule has 1 aromatic rings. The highest BCUT2D eigenvalue weighted by Crippen LogP contribution is 2.49. The first-order chi connectivity index (χ1) is 10.9. The van der Waals surface area contributed by atoms with E-state index >= 15 is 0 Å². The number of aromatic nitrogens is 1. The van der Waals surface area contributed by atoms with Crippen molar-refractivity contribution in [3.05, 3.63) is 30.0 Å². The third-order valence-corrected chi connectivity index (χ3v) is 4.76. The van der Waals surface area contributed by atoms with Gasteiger partial charge in [0.05, 0.1) is 11.1 Å². The van der Waals surface area contributed by atoms with Crippen LogP contribution in [0.4, 0.5) is 0 Å². The Balaban J connectivity index is 2.08. The van der Waals surface area contributed by atoms with Crippen LogP contribution < -0.4 is 5.73 Å². The first-order valence-corrected chi connectivity index (χ1v) is 7.22. The van der Waals surface area contributed by atoms with E-state index in [1.54, 1.807) is 0 Å². The summed E-state index contributed by atoms with van der Waals surface area (Å²) < 4.78 is 38.0. The number of rotatable bonds is 3. The second kappa shape index (κ2) is 5.22. The monoisotopic (exact) mass is 264 g/mol. The third kappa shape index (κ3) is 2.41. The van der Waals surface area contributed by atoms with Crippen LogP contribution in [0.5, 0.6) is 0 Å². The Morgan fingerprint density at radius 2 is 2.16 bits per heavy atom. The van der Waals surface area contributed by atoms with Gasteiger partial charge in [-0.25, -0.2) is 0 Å². The van der Waals surface area contributed by atoms with E-state index in [4.69, 9.17) is 16.0 Å². The molecular formula is C16H24N2O. The Hall–Kier alpha value is -0.930. The molecule has 2 heterocycles. The summed E-state index contributed by atoms with van der Waals surface area (Å²) >= 11 is 0. The second-order valence-electron chi connectivity index (χ2n) is 5.93. The van der Waals surface area contributed by atoms with Gasteiger partial charge in [0, 0.05) is 23.9 Å². The van der Waals surface area contributed by atoms with Crippen LogP contribution in [0.3, 0.4) is 0 Å². The molecular weight excluding hydrogens is 236 g/mol. The molecule has 2 N–H and O–H groups in total. The summed E-state index contributed by atoms with van der Waals surface area (Å²) in [5.74, 6) is 0. The number of ether oxygens (including phenoxy) is 1. The van der Waals surface area contributed by atoms with Gasteiger partial charge in [-0.05, 0) is 50.7 Å². The number of nitrogens with zero attached hydrogens (tertiary/aromatic N) is 1. The van der Waals surface area contributed by atoms with Gasteiger partial charge in [-0.2, -0.15) is 0 Å². The van der Waals surface area contributed by atoms with Crippen LogP contribution in [0.2, 0.25) is 0 Å². The van der Waals surface area contributed by atoms with Crippen molar-refractivity contribution in [2.45, 2.75) is 56.0 Å². The molecule has 19 heavy (non-hydrogen) atoms. The van der Waals surface area contributed by atoms with Crippen LogP contribution >= 0.6 is 0 Å². The molecule has 1 saturated heterocycles. The van der Waals surface area contributed by atoms with Gasteiger partial charge in [0.1, 0.15) is 0 Å². The minimum absolute atomic E-state index is 0.0190. The summed E-state index contributed by atoms with van der Waals surface area (Å²) in [6, 6.07) is -0.498. The van der Waals surface area contributed by atoms with Crippen LogP contribution in [0, 0.1) is 0 Å². The molecule has 0 bridgehead atoms. The molecule has 3 nitrogen and oxygen atoms in total. The average molecular weight is 264 g/mol. The third-order valence-electron chi connectivity index (χ3n) is 4.76. The summed E-state index contributed by atoms with van der Waals surface area (Å²) in [4.78, 5) is 4.26. The fraction of sp³-hybridized carbons (Fsp3) is 0.688. The Bertz CT molecular complexity index is 600. The first-order valence-electron chi connectivity index (χ1n) is 9.22. The van der Waals surface area contributed by atoms with Crippen molar-refractivity contribution in [3.8, 4) is 0 Å². The predicted molar refractivity (Wildman–Crippen MR) is 76.0 cm³/mol. The van der Waals surface area contributed by atoms with Crippen LogP contribution in [-0.4, -0.2) is 23.7 Å². The minimum Gasteiger partial charge on any atom is -0.375 e. The number of nitrogens with two attached hydrogens (primary N) is 1.